The van der Waals surface area contributed by atoms with Crippen molar-refractivity contribution in [3.63, 3.8) is 0 Å². The van der Waals surface area contributed by atoms with Crippen LogP contribution in [0.15, 0.2) is 0 Å². The molecule has 0 saturated heterocycles. The Bertz CT molecular complexity index is 165. The number of nitrogens with one attached hydrogen (secondary N) is 1. The van der Waals surface area contributed by atoms with E-state index in [4.69, 9.17) is 4.74 Å². The second-order valence-electron chi connectivity index (χ2n) is 4.54. The lowest BCUT2D eigenvalue weighted by atomic mass is 10.3. The van der Waals surface area contributed by atoms with Crippen LogP contribution in [0.2, 0.25) is 0 Å². The Hall–Kier alpha value is 0.230. The van der Waals surface area contributed by atoms with Crippen LogP contribution >= 0.6 is 11.8 Å². The lowest BCUT2D eigenvalue weighted by Gasteiger charge is -2.12. The zero-order valence-corrected chi connectivity index (χ0v) is 11.1. The van der Waals surface area contributed by atoms with Crippen LogP contribution in [0.5, 0.6) is 0 Å². The highest BCUT2D eigenvalue weighted by molar-refractivity contribution is 7.98. The lowest BCUT2D eigenvalue weighted by Crippen LogP contribution is -2.31. The summed E-state index contributed by atoms with van der Waals surface area (Å²) < 4.78 is 5.42. The van der Waals surface area contributed by atoms with Gasteiger partial charge in [0, 0.05) is 13.2 Å². The van der Waals surface area contributed by atoms with Gasteiger partial charge >= 0.3 is 0 Å². The van der Waals surface area contributed by atoms with Gasteiger partial charge in [0.2, 0.25) is 0 Å². The summed E-state index contributed by atoms with van der Waals surface area (Å²) in [6, 6.07) is 0. The fraction of sp³-hybridized carbons (Fsp3) is 1.00. The highest BCUT2D eigenvalue weighted by Gasteiger charge is 2.21. The summed E-state index contributed by atoms with van der Waals surface area (Å²) in [7, 11) is 0. The van der Waals surface area contributed by atoms with Crippen LogP contribution in [0.1, 0.15) is 25.7 Å². The van der Waals surface area contributed by atoms with E-state index in [2.05, 4.69) is 11.6 Å². The van der Waals surface area contributed by atoms with Gasteiger partial charge < -0.3 is 15.2 Å². The molecule has 4 heteroatoms. The van der Waals surface area contributed by atoms with Crippen LogP contribution in [0, 0.1) is 5.92 Å². The fourth-order valence-electron chi connectivity index (χ4n) is 1.48. The molecule has 0 aromatic carbocycles. The SMILES string of the molecule is CSCCCCNCC(O)COCC1CC1. The molecule has 0 aromatic rings. The molecular weight excluding hydrogens is 222 g/mol. The highest BCUT2D eigenvalue weighted by atomic mass is 32.2. The van der Waals surface area contributed by atoms with Gasteiger partial charge in [0.1, 0.15) is 0 Å². The number of aliphatic hydroxyl groups is 1. The maximum Gasteiger partial charge on any atom is 0.0897 e. The predicted octanol–water partition coefficient (Wildman–Crippen LogP) is 1.51. The summed E-state index contributed by atoms with van der Waals surface area (Å²) in [4.78, 5) is 0. The van der Waals surface area contributed by atoms with E-state index >= 15 is 0 Å². The molecule has 1 unspecified atom stereocenters. The molecule has 1 atom stereocenters. The van der Waals surface area contributed by atoms with Gasteiger partial charge in [-0.3, -0.25) is 0 Å². The number of rotatable bonds is 11. The third-order valence-electron chi connectivity index (χ3n) is 2.69. The first-order chi connectivity index (χ1) is 7.83. The Kier molecular flexibility index (Phi) is 8.29. The van der Waals surface area contributed by atoms with E-state index in [1.165, 1.54) is 31.4 Å². The van der Waals surface area contributed by atoms with Gasteiger partial charge in [-0.1, -0.05) is 0 Å². The van der Waals surface area contributed by atoms with Crippen molar-refractivity contribution in [2.24, 2.45) is 5.92 Å². The van der Waals surface area contributed by atoms with Crippen LogP contribution in [0.25, 0.3) is 0 Å². The van der Waals surface area contributed by atoms with Crippen molar-refractivity contribution < 1.29 is 9.84 Å². The summed E-state index contributed by atoms with van der Waals surface area (Å²) in [5.74, 6) is 2.01. The van der Waals surface area contributed by atoms with Gasteiger partial charge in [-0.05, 0) is 50.2 Å². The molecule has 1 aliphatic rings. The first-order valence-corrected chi connectivity index (χ1v) is 7.67. The molecule has 0 spiro atoms. The maximum absolute atomic E-state index is 9.59. The Morgan fingerprint density at radius 1 is 1.44 bits per heavy atom. The van der Waals surface area contributed by atoms with Crippen molar-refractivity contribution in [3.8, 4) is 0 Å². The summed E-state index contributed by atoms with van der Waals surface area (Å²) >= 11 is 1.89. The average Bonchev–Trinajstić information content (AvgIpc) is 3.07. The first kappa shape index (κ1) is 14.3. The number of thioether (sulfide) groups is 1. The number of ether oxygens (including phenoxy) is 1. The second kappa shape index (κ2) is 9.28. The van der Waals surface area contributed by atoms with Crippen LogP contribution in [0.3, 0.4) is 0 Å². The molecule has 2 N–H and O–H groups in total. The molecule has 0 aliphatic heterocycles. The molecular formula is C12H25NO2S. The quantitative estimate of drug-likeness (QED) is 0.543. The first-order valence-electron chi connectivity index (χ1n) is 6.28. The van der Waals surface area contributed by atoms with Crippen molar-refractivity contribution in [1.82, 2.24) is 5.32 Å². The zero-order chi connectivity index (χ0) is 11.6. The normalized spacial score (nSPS) is 17.6. The van der Waals surface area contributed by atoms with E-state index < -0.39 is 0 Å². The Morgan fingerprint density at radius 3 is 2.94 bits per heavy atom. The molecule has 1 fully saturated rings. The number of hydrogen-bond donors (Lipinski definition) is 2. The Labute approximate surface area is 103 Å². The van der Waals surface area contributed by atoms with E-state index in [0.717, 1.165) is 19.1 Å². The molecule has 16 heavy (non-hydrogen) atoms. The molecule has 1 rings (SSSR count). The minimum absolute atomic E-state index is 0.348. The van der Waals surface area contributed by atoms with E-state index in [1.54, 1.807) is 0 Å². The molecule has 0 amide bonds. The van der Waals surface area contributed by atoms with Gasteiger partial charge in [0.05, 0.1) is 12.7 Å². The molecule has 0 bridgehead atoms. The molecule has 0 heterocycles. The van der Waals surface area contributed by atoms with Crippen molar-refractivity contribution in [2.75, 3.05) is 38.3 Å². The minimum Gasteiger partial charge on any atom is -0.389 e. The van der Waals surface area contributed by atoms with Crippen LogP contribution in [0.4, 0.5) is 0 Å². The van der Waals surface area contributed by atoms with Crippen molar-refractivity contribution >= 4 is 11.8 Å². The summed E-state index contributed by atoms with van der Waals surface area (Å²) in [6.45, 7) is 2.98. The Balaban J connectivity index is 1.76. The standard InChI is InChI=1S/C12H25NO2S/c1-16-7-3-2-6-13-8-12(14)10-15-9-11-4-5-11/h11-14H,2-10H2,1H3. The molecule has 1 aliphatic carbocycles. The molecule has 3 nitrogen and oxygen atoms in total. The van der Waals surface area contributed by atoms with E-state index in [-0.39, 0.29) is 6.10 Å². The number of unbranched alkanes of at least 4 members (excludes halogenated alkanes) is 1. The summed E-state index contributed by atoms with van der Waals surface area (Å²) in [5.41, 5.74) is 0. The van der Waals surface area contributed by atoms with Crippen LogP contribution < -0.4 is 5.32 Å². The third kappa shape index (κ3) is 8.39. The topological polar surface area (TPSA) is 41.5 Å². The van der Waals surface area contributed by atoms with Gasteiger partial charge in [0.25, 0.3) is 0 Å². The summed E-state index contributed by atoms with van der Waals surface area (Å²) in [5, 5.41) is 12.9. The fourth-order valence-corrected chi connectivity index (χ4v) is 1.97. The Morgan fingerprint density at radius 2 is 2.25 bits per heavy atom. The van der Waals surface area contributed by atoms with E-state index in [9.17, 15) is 5.11 Å². The van der Waals surface area contributed by atoms with Crippen molar-refractivity contribution in [3.05, 3.63) is 0 Å². The van der Waals surface area contributed by atoms with Crippen molar-refractivity contribution in [1.29, 1.82) is 0 Å². The van der Waals surface area contributed by atoms with Crippen molar-refractivity contribution in [2.45, 2.75) is 31.8 Å². The average molecular weight is 247 g/mol. The van der Waals surface area contributed by atoms with Gasteiger partial charge in [-0.2, -0.15) is 11.8 Å². The monoisotopic (exact) mass is 247 g/mol. The zero-order valence-electron chi connectivity index (χ0n) is 10.3. The molecule has 0 radical (unpaired) electrons. The molecule has 96 valence electrons. The number of hydrogen-bond acceptors (Lipinski definition) is 4. The lowest BCUT2D eigenvalue weighted by molar-refractivity contribution is 0.0326. The molecule has 0 aromatic heterocycles. The number of aliphatic hydroxyl groups excluding tert-OH is 1. The largest absolute Gasteiger partial charge is 0.389 e. The third-order valence-corrected chi connectivity index (χ3v) is 3.39. The maximum atomic E-state index is 9.59. The van der Waals surface area contributed by atoms with Crippen LogP contribution in [-0.2, 0) is 4.74 Å². The highest BCUT2D eigenvalue weighted by Crippen LogP contribution is 2.28. The predicted molar refractivity (Wildman–Crippen MR) is 70.0 cm³/mol. The van der Waals surface area contributed by atoms with Gasteiger partial charge in [0.15, 0.2) is 0 Å². The van der Waals surface area contributed by atoms with Crippen LogP contribution in [-0.4, -0.2) is 49.5 Å². The second-order valence-corrected chi connectivity index (χ2v) is 5.52. The van der Waals surface area contributed by atoms with Gasteiger partial charge in [-0.15, -0.1) is 0 Å². The molecule has 1 saturated carbocycles. The van der Waals surface area contributed by atoms with E-state index in [1.807, 2.05) is 11.8 Å². The summed E-state index contributed by atoms with van der Waals surface area (Å²) in [6.07, 6.45) is 6.85. The van der Waals surface area contributed by atoms with Gasteiger partial charge in [-0.25, -0.2) is 0 Å². The van der Waals surface area contributed by atoms with E-state index in [0.29, 0.717) is 13.2 Å². The minimum atomic E-state index is -0.348. The smallest absolute Gasteiger partial charge is 0.0897 e.